The highest BCUT2D eigenvalue weighted by Gasteiger charge is 2.30. The number of hydrogen-bond donors (Lipinski definition) is 3. The van der Waals surface area contributed by atoms with Gasteiger partial charge in [0.25, 0.3) is 0 Å². The van der Waals surface area contributed by atoms with Crippen LogP contribution in [0.3, 0.4) is 0 Å². The maximum Gasteiger partial charge on any atom is 0.416 e. The molecule has 0 saturated carbocycles. The molecule has 0 aliphatic carbocycles. The van der Waals surface area contributed by atoms with Crippen LogP contribution >= 0.6 is 11.8 Å². The predicted octanol–water partition coefficient (Wildman–Crippen LogP) is 6.38. The Balaban J connectivity index is 1.61. The Kier molecular flexibility index (Phi) is 8.59. The average Bonchev–Trinajstić information content (AvgIpc) is 2.88. The lowest BCUT2D eigenvalue weighted by molar-refractivity contribution is -0.138. The fourth-order valence-corrected chi connectivity index (χ4v) is 4.39. The van der Waals surface area contributed by atoms with Gasteiger partial charge in [-0.15, -0.1) is 0 Å². The van der Waals surface area contributed by atoms with Gasteiger partial charge in [-0.05, 0) is 42.0 Å². The zero-order valence-electron chi connectivity index (χ0n) is 19.9. The Morgan fingerprint density at radius 1 is 0.897 bits per heavy atom. The van der Waals surface area contributed by atoms with Crippen LogP contribution in [-0.4, -0.2) is 37.8 Å². The summed E-state index contributed by atoms with van der Waals surface area (Å²) in [4.78, 5) is 24.3. The molecule has 0 aliphatic rings. The molecule has 3 N–H and O–H groups in total. The smallest absolute Gasteiger partial charge is 0.416 e. The summed E-state index contributed by atoms with van der Waals surface area (Å²) in [6.45, 7) is 0. The summed E-state index contributed by atoms with van der Waals surface area (Å²) in [5.74, 6) is -2.89. The van der Waals surface area contributed by atoms with E-state index in [1.54, 1.807) is 0 Å². The van der Waals surface area contributed by atoms with E-state index < -0.39 is 35.4 Å². The van der Waals surface area contributed by atoms with Crippen molar-refractivity contribution < 1.29 is 31.9 Å². The van der Waals surface area contributed by atoms with Gasteiger partial charge in [-0.25, -0.2) is 13.6 Å². The number of alkyl halides is 3. The quantitative estimate of drug-likeness (QED) is 0.192. The second-order valence-electron chi connectivity index (χ2n) is 8.20. The normalized spacial score (nSPS) is 12.1. The first-order valence-corrected chi connectivity index (χ1v) is 12.5. The van der Waals surface area contributed by atoms with Crippen molar-refractivity contribution in [3.63, 3.8) is 0 Å². The second-order valence-corrected chi connectivity index (χ2v) is 9.23. The minimum atomic E-state index is -4.53. The summed E-state index contributed by atoms with van der Waals surface area (Å²) < 4.78 is 66.5. The van der Waals surface area contributed by atoms with Crippen LogP contribution in [0, 0.1) is 11.6 Å². The van der Waals surface area contributed by atoms with Crippen molar-refractivity contribution in [1.29, 1.82) is 0 Å². The lowest BCUT2D eigenvalue weighted by Crippen LogP contribution is -2.32. The molecule has 202 valence electrons. The minimum Gasteiger partial charge on any atom is -0.480 e. The van der Waals surface area contributed by atoms with Crippen LogP contribution in [0.25, 0.3) is 11.4 Å². The van der Waals surface area contributed by atoms with Crippen molar-refractivity contribution >= 4 is 35.3 Å². The van der Waals surface area contributed by atoms with Gasteiger partial charge in [0.1, 0.15) is 17.7 Å². The van der Waals surface area contributed by atoms with Gasteiger partial charge < -0.3 is 15.7 Å². The number of aromatic nitrogens is 3. The predicted molar refractivity (Wildman–Crippen MR) is 138 cm³/mol. The van der Waals surface area contributed by atoms with Crippen molar-refractivity contribution in [2.45, 2.75) is 18.0 Å². The third-order valence-electron chi connectivity index (χ3n) is 5.22. The fourth-order valence-electron chi connectivity index (χ4n) is 3.38. The van der Waals surface area contributed by atoms with E-state index in [1.807, 2.05) is 30.3 Å². The van der Waals surface area contributed by atoms with Gasteiger partial charge >= 0.3 is 12.1 Å². The zero-order chi connectivity index (χ0) is 28.0. The van der Waals surface area contributed by atoms with Crippen molar-refractivity contribution in [3.8, 4) is 11.4 Å². The van der Waals surface area contributed by atoms with Gasteiger partial charge in [-0.3, -0.25) is 0 Å². The van der Waals surface area contributed by atoms with Crippen molar-refractivity contribution in [3.05, 3.63) is 95.6 Å². The Morgan fingerprint density at radius 2 is 1.54 bits per heavy atom. The van der Waals surface area contributed by atoms with Crippen molar-refractivity contribution in [2.75, 3.05) is 16.4 Å². The van der Waals surface area contributed by atoms with Gasteiger partial charge in [-0.2, -0.15) is 39.9 Å². The number of hydrogen-bond acceptors (Lipinski definition) is 7. The first-order valence-electron chi connectivity index (χ1n) is 11.3. The molecule has 0 amide bonds. The molecular formula is C26H20F5N5O2S. The van der Waals surface area contributed by atoms with Gasteiger partial charge in [0.05, 0.1) is 5.56 Å². The number of rotatable bonds is 10. The molecule has 0 spiro atoms. The molecule has 39 heavy (non-hydrogen) atoms. The van der Waals surface area contributed by atoms with Gasteiger partial charge in [0.2, 0.25) is 11.9 Å². The van der Waals surface area contributed by atoms with E-state index in [-0.39, 0.29) is 34.7 Å². The highest BCUT2D eigenvalue weighted by molar-refractivity contribution is 7.98. The van der Waals surface area contributed by atoms with Crippen LogP contribution in [0.1, 0.15) is 11.1 Å². The van der Waals surface area contributed by atoms with Crippen LogP contribution < -0.4 is 10.6 Å². The molecular weight excluding hydrogens is 541 g/mol. The third-order valence-corrected chi connectivity index (χ3v) is 6.33. The van der Waals surface area contributed by atoms with Crippen molar-refractivity contribution in [2.24, 2.45) is 0 Å². The Hall–Kier alpha value is -4.26. The molecule has 1 aromatic heterocycles. The standard InChI is InChI=1S/C26H20F5N5O2S/c27-18-10-16(11-19(28)12-18)22-34-24(32-20-8-6-17(7-9-20)26(29,30)31)36-25(35-22)33-21(23(37)38)14-39-13-15-4-2-1-3-5-15/h1-12,21H,13-14H2,(H,37,38)(H2,32,33,34,35,36)/t21-/m0/s1. The number of carboxylic acid groups (broad SMARTS) is 1. The van der Waals surface area contributed by atoms with E-state index in [0.29, 0.717) is 11.8 Å². The number of benzene rings is 3. The van der Waals surface area contributed by atoms with E-state index in [0.717, 1.165) is 42.0 Å². The van der Waals surface area contributed by atoms with E-state index in [2.05, 4.69) is 25.6 Å². The lowest BCUT2D eigenvalue weighted by Gasteiger charge is -2.16. The maximum atomic E-state index is 13.9. The highest BCUT2D eigenvalue weighted by atomic mass is 32.2. The lowest BCUT2D eigenvalue weighted by atomic mass is 10.2. The van der Waals surface area contributed by atoms with Crippen molar-refractivity contribution in [1.82, 2.24) is 15.0 Å². The van der Waals surface area contributed by atoms with E-state index in [1.165, 1.54) is 11.8 Å². The van der Waals surface area contributed by atoms with Crippen LogP contribution in [0.5, 0.6) is 0 Å². The number of nitrogens with one attached hydrogen (secondary N) is 2. The molecule has 4 aromatic rings. The summed E-state index contributed by atoms with van der Waals surface area (Å²) >= 11 is 1.36. The van der Waals surface area contributed by atoms with Crippen LogP contribution in [0.2, 0.25) is 0 Å². The first kappa shape index (κ1) is 27.8. The van der Waals surface area contributed by atoms with E-state index in [9.17, 15) is 31.9 Å². The monoisotopic (exact) mass is 561 g/mol. The molecule has 3 aromatic carbocycles. The molecule has 0 saturated heterocycles. The number of halogens is 5. The fraction of sp³-hybridized carbons (Fsp3) is 0.154. The Morgan fingerprint density at radius 3 is 2.15 bits per heavy atom. The minimum absolute atomic E-state index is 0.0567. The zero-order valence-corrected chi connectivity index (χ0v) is 20.7. The topological polar surface area (TPSA) is 100 Å². The third kappa shape index (κ3) is 7.87. The molecule has 0 unspecified atom stereocenters. The van der Waals surface area contributed by atoms with Crippen LogP contribution in [-0.2, 0) is 16.7 Å². The van der Waals surface area contributed by atoms with Crippen LogP contribution in [0.15, 0.2) is 72.8 Å². The van der Waals surface area contributed by atoms with Gasteiger partial charge in [0.15, 0.2) is 5.82 Å². The molecule has 0 radical (unpaired) electrons. The van der Waals surface area contributed by atoms with E-state index in [4.69, 9.17) is 0 Å². The molecule has 0 fully saturated rings. The highest BCUT2D eigenvalue weighted by Crippen LogP contribution is 2.30. The summed E-state index contributed by atoms with van der Waals surface area (Å²) in [6, 6.07) is 14.9. The van der Waals surface area contributed by atoms with Gasteiger partial charge in [0, 0.05) is 28.8 Å². The molecule has 7 nitrogen and oxygen atoms in total. The number of carboxylic acids is 1. The molecule has 0 bridgehead atoms. The second kappa shape index (κ2) is 12.1. The average molecular weight is 562 g/mol. The van der Waals surface area contributed by atoms with E-state index >= 15 is 0 Å². The maximum absolute atomic E-state index is 13.9. The number of anilines is 3. The van der Waals surface area contributed by atoms with Crippen LogP contribution in [0.4, 0.5) is 39.5 Å². The molecule has 1 atom stereocenters. The number of aliphatic carboxylic acids is 1. The first-order chi connectivity index (χ1) is 18.6. The number of nitrogens with zero attached hydrogens (tertiary/aromatic N) is 3. The molecule has 1 heterocycles. The summed E-state index contributed by atoms with van der Waals surface area (Å²) in [5.41, 5.74) is 0.271. The molecule has 13 heteroatoms. The Labute approximate surface area is 223 Å². The summed E-state index contributed by atoms with van der Waals surface area (Å²) in [5, 5.41) is 15.2. The summed E-state index contributed by atoms with van der Waals surface area (Å²) in [7, 11) is 0. The number of carbonyl (C=O) groups is 1. The number of thioether (sulfide) groups is 1. The molecule has 0 aliphatic heterocycles. The largest absolute Gasteiger partial charge is 0.480 e. The summed E-state index contributed by atoms with van der Waals surface area (Å²) in [6.07, 6.45) is -4.53. The SMILES string of the molecule is O=C(O)[C@H](CSCc1ccccc1)Nc1nc(Nc2ccc(C(F)(F)F)cc2)nc(-c2cc(F)cc(F)c2)n1. The van der Waals surface area contributed by atoms with Gasteiger partial charge in [-0.1, -0.05) is 30.3 Å². The Bertz CT molecular complexity index is 1420. The molecule has 4 rings (SSSR count).